The number of rotatable bonds is 8. The van der Waals surface area contributed by atoms with Crippen LogP contribution in [-0.2, 0) is 16.4 Å². The number of hydrogen-bond acceptors (Lipinski definition) is 3. The molecule has 0 saturated carbocycles. The summed E-state index contributed by atoms with van der Waals surface area (Å²) >= 11 is 0. The van der Waals surface area contributed by atoms with Crippen LogP contribution >= 0.6 is 0 Å². The molecule has 0 heterocycles. The van der Waals surface area contributed by atoms with Crippen molar-refractivity contribution >= 4 is 10.0 Å². The monoisotopic (exact) mass is 312 g/mol. The molecule has 0 aliphatic carbocycles. The summed E-state index contributed by atoms with van der Waals surface area (Å²) in [5.74, 6) is 0.636. The van der Waals surface area contributed by atoms with Gasteiger partial charge in [0.2, 0.25) is 10.0 Å². The number of benzene rings is 1. The van der Waals surface area contributed by atoms with E-state index in [1.807, 2.05) is 33.0 Å². The lowest BCUT2D eigenvalue weighted by Gasteiger charge is -2.18. The summed E-state index contributed by atoms with van der Waals surface area (Å²) in [6, 6.07) is 7.49. The van der Waals surface area contributed by atoms with E-state index in [1.165, 1.54) is 0 Å². The highest BCUT2D eigenvalue weighted by molar-refractivity contribution is 7.89. The first kappa shape index (κ1) is 18.1. The third-order valence-electron chi connectivity index (χ3n) is 3.27. The second-order valence-electron chi connectivity index (χ2n) is 6.24. The van der Waals surface area contributed by atoms with Gasteiger partial charge in [0.05, 0.1) is 4.90 Å². The Hall–Kier alpha value is -0.910. The van der Waals surface area contributed by atoms with Crippen molar-refractivity contribution in [1.29, 1.82) is 0 Å². The summed E-state index contributed by atoms with van der Waals surface area (Å²) in [7, 11) is -1.42. The standard InChI is InChI=1S/C16H28N2O2S/c1-12(2)10-15(17-5)11-14-6-8-16(9-7-14)21(19,20)18-13(3)4/h6-9,12-13,15,17-18H,10-11H2,1-5H3. The lowest BCUT2D eigenvalue weighted by molar-refractivity contribution is 0.441. The van der Waals surface area contributed by atoms with Gasteiger partial charge in [-0.15, -0.1) is 0 Å². The summed E-state index contributed by atoms with van der Waals surface area (Å²) < 4.78 is 26.7. The molecule has 21 heavy (non-hydrogen) atoms. The molecule has 0 amide bonds. The molecule has 1 aromatic carbocycles. The number of likely N-dealkylation sites (N-methyl/N-ethyl adjacent to an activating group) is 1. The Morgan fingerprint density at radius 3 is 2.05 bits per heavy atom. The quantitative estimate of drug-likeness (QED) is 0.775. The van der Waals surface area contributed by atoms with Crippen LogP contribution in [0.2, 0.25) is 0 Å². The van der Waals surface area contributed by atoms with Gasteiger partial charge in [-0.3, -0.25) is 0 Å². The molecule has 1 rings (SSSR count). The molecule has 0 saturated heterocycles. The van der Waals surface area contributed by atoms with Gasteiger partial charge in [0.1, 0.15) is 0 Å². The lowest BCUT2D eigenvalue weighted by Crippen LogP contribution is -2.30. The van der Waals surface area contributed by atoms with Gasteiger partial charge in [-0.2, -0.15) is 0 Å². The molecule has 0 spiro atoms. The van der Waals surface area contributed by atoms with Gasteiger partial charge in [-0.05, 0) is 57.4 Å². The summed E-state index contributed by atoms with van der Waals surface area (Å²) in [6.45, 7) is 8.04. The molecular formula is C16H28N2O2S. The molecule has 4 nitrogen and oxygen atoms in total. The zero-order chi connectivity index (χ0) is 16.0. The van der Waals surface area contributed by atoms with Crippen LogP contribution in [0.25, 0.3) is 0 Å². The zero-order valence-corrected chi connectivity index (χ0v) is 14.5. The van der Waals surface area contributed by atoms with Crippen molar-refractivity contribution in [3.05, 3.63) is 29.8 Å². The normalized spacial score (nSPS) is 13.9. The van der Waals surface area contributed by atoms with Crippen molar-refractivity contribution in [3.63, 3.8) is 0 Å². The molecule has 0 radical (unpaired) electrons. The number of nitrogens with one attached hydrogen (secondary N) is 2. The van der Waals surface area contributed by atoms with Crippen LogP contribution in [0.5, 0.6) is 0 Å². The lowest BCUT2D eigenvalue weighted by atomic mass is 9.97. The molecule has 0 aliphatic heterocycles. The number of sulfonamides is 1. The Morgan fingerprint density at radius 2 is 1.62 bits per heavy atom. The Bertz CT molecular complexity index is 522. The average Bonchev–Trinajstić information content (AvgIpc) is 2.36. The molecule has 0 aromatic heterocycles. The first-order valence-corrected chi connectivity index (χ1v) is 9.01. The topological polar surface area (TPSA) is 58.2 Å². The summed E-state index contributed by atoms with van der Waals surface area (Å²) in [5.41, 5.74) is 1.15. The summed E-state index contributed by atoms with van der Waals surface area (Å²) in [6.07, 6.45) is 2.01. The van der Waals surface area contributed by atoms with Gasteiger partial charge in [0.15, 0.2) is 0 Å². The molecule has 2 N–H and O–H groups in total. The van der Waals surface area contributed by atoms with E-state index in [9.17, 15) is 8.42 Å². The Labute approximate surface area is 129 Å². The molecule has 120 valence electrons. The second-order valence-corrected chi connectivity index (χ2v) is 7.95. The van der Waals surface area contributed by atoms with E-state index in [0.29, 0.717) is 16.9 Å². The van der Waals surface area contributed by atoms with Crippen molar-refractivity contribution in [2.75, 3.05) is 7.05 Å². The molecule has 0 bridgehead atoms. The molecule has 1 atom stereocenters. The Kier molecular flexibility index (Phi) is 6.84. The minimum absolute atomic E-state index is 0.102. The largest absolute Gasteiger partial charge is 0.317 e. The Balaban J connectivity index is 2.78. The van der Waals surface area contributed by atoms with Gasteiger partial charge in [0, 0.05) is 12.1 Å². The van der Waals surface area contributed by atoms with Crippen LogP contribution in [0.1, 0.15) is 39.7 Å². The van der Waals surface area contributed by atoms with Crippen LogP contribution in [0.3, 0.4) is 0 Å². The maximum absolute atomic E-state index is 12.1. The van der Waals surface area contributed by atoms with Crippen molar-refractivity contribution in [3.8, 4) is 0 Å². The van der Waals surface area contributed by atoms with Crippen LogP contribution in [-0.4, -0.2) is 27.5 Å². The summed E-state index contributed by atoms with van der Waals surface area (Å²) in [4.78, 5) is 0.324. The van der Waals surface area contributed by atoms with Gasteiger partial charge >= 0.3 is 0 Å². The van der Waals surface area contributed by atoms with Gasteiger partial charge in [0.25, 0.3) is 0 Å². The molecule has 0 aliphatic rings. The Morgan fingerprint density at radius 1 is 1.05 bits per heavy atom. The van der Waals surface area contributed by atoms with Gasteiger partial charge in [-0.25, -0.2) is 13.1 Å². The third kappa shape index (κ3) is 6.16. The van der Waals surface area contributed by atoms with Crippen molar-refractivity contribution in [1.82, 2.24) is 10.0 Å². The smallest absolute Gasteiger partial charge is 0.240 e. The van der Waals surface area contributed by atoms with Crippen LogP contribution < -0.4 is 10.0 Å². The van der Waals surface area contributed by atoms with Crippen molar-refractivity contribution < 1.29 is 8.42 Å². The predicted octanol–water partition coefficient (Wildman–Crippen LogP) is 2.55. The van der Waals surface area contributed by atoms with Crippen LogP contribution in [0, 0.1) is 5.92 Å². The van der Waals surface area contributed by atoms with Gasteiger partial charge < -0.3 is 5.32 Å². The molecule has 0 fully saturated rings. The van der Waals surface area contributed by atoms with E-state index in [4.69, 9.17) is 0 Å². The predicted molar refractivity (Wildman–Crippen MR) is 87.9 cm³/mol. The minimum atomic E-state index is -3.39. The second kappa shape index (κ2) is 7.92. The molecule has 1 unspecified atom stereocenters. The summed E-state index contributed by atoms with van der Waals surface area (Å²) in [5, 5.41) is 3.32. The molecule has 5 heteroatoms. The first-order chi connectivity index (χ1) is 9.74. The van der Waals surface area contributed by atoms with E-state index in [-0.39, 0.29) is 6.04 Å². The van der Waals surface area contributed by atoms with Crippen molar-refractivity contribution in [2.24, 2.45) is 5.92 Å². The zero-order valence-electron chi connectivity index (χ0n) is 13.7. The molecule has 1 aromatic rings. The van der Waals surface area contributed by atoms with E-state index >= 15 is 0 Å². The highest BCUT2D eigenvalue weighted by atomic mass is 32.2. The number of hydrogen-bond donors (Lipinski definition) is 2. The minimum Gasteiger partial charge on any atom is -0.317 e. The maximum Gasteiger partial charge on any atom is 0.240 e. The van der Waals surface area contributed by atoms with E-state index in [2.05, 4.69) is 23.9 Å². The molecular weight excluding hydrogens is 284 g/mol. The average molecular weight is 312 g/mol. The van der Waals surface area contributed by atoms with E-state index in [0.717, 1.165) is 18.4 Å². The third-order valence-corrected chi connectivity index (χ3v) is 4.95. The highest BCUT2D eigenvalue weighted by Crippen LogP contribution is 2.15. The van der Waals surface area contributed by atoms with Gasteiger partial charge in [-0.1, -0.05) is 26.0 Å². The van der Waals surface area contributed by atoms with Crippen molar-refractivity contribution in [2.45, 2.75) is 57.5 Å². The van der Waals surface area contributed by atoms with Crippen LogP contribution in [0.15, 0.2) is 29.2 Å². The fourth-order valence-corrected chi connectivity index (χ4v) is 3.59. The maximum atomic E-state index is 12.1. The highest BCUT2D eigenvalue weighted by Gasteiger charge is 2.15. The van der Waals surface area contributed by atoms with E-state index < -0.39 is 10.0 Å². The fraction of sp³-hybridized carbons (Fsp3) is 0.625. The first-order valence-electron chi connectivity index (χ1n) is 7.53. The fourth-order valence-electron chi connectivity index (χ4n) is 2.34. The van der Waals surface area contributed by atoms with Crippen LogP contribution in [0.4, 0.5) is 0 Å². The van der Waals surface area contributed by atoms with E-state index in [1.54, 1.807) is 12.1 Å². The SMILES string of the molecule is CNC(Cc1ccc(S(=O)(=O)NC(C)C)cc1)CC(C)C.